The van der Waals surface area contributed by atoms with Gasteiger partial charge in [0.1, 0.15) is 9.49 Å². The third-order valence-corrected chi connectivity index (χ3v) is 7.35. The lowest BCUT2D eigenvalue weighted by atomic mass is 10.2. The van der Waals surface area contributed by atoms with E-state index in [1.54, 1.807) is 0 Å². The van der Waals surface area contributed by atoms with Gasteiger partial charge in [-0.1, -0.05) is 10.3 Å². The molecule has 0 rings (SSSR count). The molecule has 0 aromatic rings. The Balaban J connectivity index is -0.000000450. The number of oxime groups is 2. The maximum atomic E-state index is 11.2. The van der Waals surface area contributed by atoms with Gasteiger partial charge in [-0.2, -0.15) is 0 Å². The molecule has 0 saturated carbocycles. The number of nitrogens with one attached hydrogen (secondary N) is 2. The van der Waals surface area contributed by atoms with Crippen LogP contribution in [0, 0.1) is 0 Å². The molecule has 0 atom stereocenters. The van der Waals surface area contributed by atoms with Crippen LogP contribution >= 0.6 is 0 Å². The Hall–Kier alpha value is -2.95. The van der Waals surface area contributed by atoms with Gasteiger partial charge in [-0.25, -0.2) is 31.2 Å². The van der Waals surface area contributed by atoms with Crippen molar-refractivity contribution in [3.8, 4) is 0 Å². The quantitative estimate of drug-likeness (QED) is 0.213. The first-order chi connectivity index (χ1) is 14.1. The van der Waals surface area contributed by atoms with Crippen molar-refractivity contribution in [2.45, 2.75) is 37.2 Å². The lowest BCUT2D eigenvalue weighted by Gasteiger charge is -2.15. The zero-order chi connectivity index (χ0) is 26.4. The number of primary amides is 1. The largest absolute Gasteiger partial charge is 0.465 e. The number of nitrogens with zero attached hydrogens (tertiary/aromatic N) is 2. The Morgan fingerprint density at radius 1 is 0.812 bits per heavy atom. The molecular formula is C15H31N5O10S2. The summed E-state index contributed by atoms with van der Waals surface area (Å²) in [6, 6.07) is 0. The molecule has 0 radical (unpaired) electrons. The standard InChI is InChI=1S/2C7H14N2O4S.CH3NO2/c2*1-7(2,14(4,11)12)5-9-13-6(10)8-3;2-1(3)4/h2*5H,1-4H3,(H,8,10);2H2,(H,3,4)/b2*9-5+;. The van der Waals surface area contributed by atoms with Gasteiger partial charge in [0.15, 0.2) is 19.7 Å². The van der Waals surface area contributed by atoms with Gasteiger partial charge < -0.3 is 21.5 Å². The number of nitrogens with two attached hydrogens (primary N) is 1. The highest BCUT2D eigenvalue weighted by Gasteiger charge is 2.29. The number of rotatable bonds is 6. The van der Waals surface area contributed by atoms with Crippen LogP contribution in [0.4, 0.5) is 14.4 Å². The summed E-state index contributed by atoms with van der Waals surface area (Å²) >= 11 is 0. The first-order valence-electron chi connectivity index (χ1n) is 8.38. The molecular weight excluding hydrogens is 474 g/mol. The Morgan fingerprint density at radius 2 is 1.03 bits per heavy atom. The predicted octanol–water partition coefficient (Wildman–Crippen LogP) is -0.0741. The van der Waals surface area contributed by atoms with Crippen LogP contribution in [0.2, 0.25) is 0 Å². The van der Waals surface area contributed by atoms with E-state index >= 15 is 0 Å². The van der Waals surface area contributed by atoms with E-state index in [4.69, 9.17) is 9.90 Å². The lowest BCUT2D eigenvalue weighted by Crippen LogP contribution is -2.32. The molecule has 0 spiro atoms. The van der Waals surface area contributed by atoms with E-state index in [0.717, 1.165) is 24.9 Å². The van der Waals surface area contributed by atoms with Crippen LogP contribution in [-0.2, 0) is 29.3 Å². The first-order valence-corrected chi connectivity index (χ1v) is 12.2. The smallest absolute Gasteiger partial charge is 0.433 e. The van der Waals surface area contributed by atoms with Crippen LogP contribution in [0.15, 0.2) is 10.3 Å². The molecule has 0 heterocycles. The molecule has 0 fully saturated rings. The SMILES string of the molecule is CNC(=O)O/N=C/C(C)(C)S(C)(=O)=O.CNC(=O)O/N=C/C(C)(C)S(C)(=O)=O.NC(=O)O. The number of carbonyl (C=O) groups excluding carboxylic acids is 2. The molecule has 0 aromatic carbocycles. The van der Waals surface area contributed by atoms with Gasteiger partial charge in [0.05, 0.1) is 12.4 Å². The summed E-state index contributed by atoms with van der Waals surface area (Å²) in [6.07, 6.45) is 1.48. The summed E-state index contributed by atoms with van der Waals surface area (Å²) in [6.45, 7) is 5.83. The first kappa shape index (κ1) is 33.7. The topological polar surface area (TPSA) is 233 Å². The minimum Gasteiger partial charge on any atom is -0.465 e. The molecule has 0 bridgehead atoms. The minimum absolute atomic E-state index is 0.745. The second-order valence-electron chi connectivity index (χ2n) is 6.82. The fourth-order valence-corrected chi connectivity index (χ4v) is 1.15. The normalized spacial score (nSPS) is 12.0. The van der Waals surface area contributed by atoms with Gasteiger partial charge in [0.2, 0.25) is 0 Å². The van der Waals surface area contributed by atoms with E-state index in [1.165, 1.54) is 41.8 Å². The summed E-state index contributed by atoms with van der Waals surface area (Å²) in [5.74, 6) is 0. The van der Waals surface area contributed by atoms with Crippen molar-refractivity contribution in [2.24, 2.45) is 16.0 Å². The van der Waals surface area contributed by atoms with Gasteiger partial charge >= 0.3 is 18.3 Å². The van der Waals surface area contributed by atoms with Crippen LogP contribution in [0.25, 0.3) is 0 Å². The number of carbonyl (C=O) groups is 3. The summed E-state index contributed by atoms with van der Waals surface area (Å²) in [4.78, 5) is 38.4. The highest BCUT2D eigenvalue weighted by molar-refractivity contribution is 7.93. The number of amides is 3. The molecule has 3 amide bonds. The van der Waals surface area contributed by atoms with Crippen molar-refractivity contribution in [3.05, 3.63) is 0 Å². The Morgan fingerprint density at radius 3 is 1.19 bits per heavy atom. The van der Waals surface area contributed by atoms with E-state index < -0.39 is 47.4 Å². The molecule has 0 aliphatic rings. The van der Waals surface area contributed by atoms with Gasteiger partial charge in [0, 0.05) is 26.6 Å². The maximum Gasteiger partial charge on any atom is 0.433 e. The molecule has 15 nitrogen and oxygen atoms in total. The van der Waals surface area contributed by atoms with E-state index in [1.807, 2.05) is 0 Å². The Bertz CT molecular complexity index is 822. The molecule has 188 valence electrons. The number of hydrogen-bond donors (Lipinski definition) is 4. The van der Waals surface area contributed by atoms with Crippen molar-refractivity contribution < 1.29 is 46.0 Å². The second-order valence-corrected chi connectivity index (χ2v) is 12.0. The Labute approximate surface area is 187 Å². The van der Waals surface area contributed by atoms with Crippen LogP contribution in [-0.4, -0.2) is 88.8 Å². The average molecular weight is 506 g/mol. The van der Waals surface area contributed by atoms with Crippen molar-refractivity contribution in [2.75, 3.05) is 26.6 Å². The molecule has 0 saturated heterocycles. The monoisotopic (exact) mass is 505 g/mol. The van der Waals surface area contributed by atoms with Gasteiger partial charge in [-0.3, -0.25) is 9.68 Å². The van der Waals surface area contributed by atoms with E-state index in [9.17, 15) is 26.4 Å². The number of sulfone groups is 2. The predicted molar refractivity (Wildman–Crippen MR) is 118 cm³/mol. The third kappa shape index (κ3) is 16.8. The van der Waals surface area contributed by atoms with Gasteiger partial charge in [-0.15, -0.1) is 0 Å². The molecule has 5 N–H and O–H groups in total. The van der Waals surface area contributed by atoms with Crippen molar-refractivity contribution in [1.29, 1.82) is 0 Å². The summed E-state index contributed by atoms with van der Waals surface area (Å²) in [5.41, 5.74) is 4.03. The average Bonchev–Trinajstić information content (AvgIpc) is 2.59. The summed E-state index contributed by atoms with van der Waals surface area (Å²) in [7, 11) is -3.79. The van der Waals surface area contributed by atoms with Crippen LogP contribution in [0.1, 0.15) is 27.7 Å². The molecule has 17 heteroatoms. The lowest BCUT2D eigenvalue weighted by molar-refractivity contribution is 0.152. The summed E-state index contributed by atoms with van der Waals surface area (Å²) < 4.78 is 42.3. The van der Waals surface area contributed by atoms with Crippen molar-refractivity contribution in [1.82, 2.24) is 10.6 Å². The number of hydrogen-bond acceptors (Lipinski definition) is 11. The van der Waals surface area contributed by atoms with Crippen LogP contribution < -0.4 is 16.4 Å². The molecule has 0 aliphatic carbocycles. The second kappa shape index (κ2) is 14.2. The van der Waals surface area contributed by atoms with Crippen molar-refractivity contribution >= 4 is 50.4 Å². The zero-order valence-electron chi connectivity index (χ0n) is 19.1. The highest BCUT2D eigenvalue weighted by atomic mass is 32.2. The van der Waals surface area contributed by atoms with Gasteiger partial charge in [-0.05, 0) is 27.7 Å². The van der Waals surface area contributed by atoms with E-state index in [2.05, 4.69) is 36.4 Å². The summed E-state index contributed by atoms with van der Waals surface area (Å²) in [5, 5.41) is 18.1. The fraction of sp³-hybridized carbons (Fsp3) is 0.667. The fourth-order valence-electron chi connectivity index (χ4n) is 0.685. The van der Waals surface area contributed by atoms with E-state index in [-0.39, 0.29) is 0 Å². The van der Waals surface area contributed by atoms with Gasteiger partial charge in [0.25, 0.3) is 0 Å². The van der Waals surface area contributed by atoms with E-state index in [0.29, 0.717) is 0 Å². The highest BCUT2D eigenvalue weighted by Crippen LogP contribution is 2.12. The Kier molecular flexibility index (Phi) is 14.9. The maximum absolute atomic E-state index is 11.2. The minimum atomic E-state index is -3.27. The van der Waals surface area contributed by atoms with Crippen LogP contribution in [0.5, 0.6) is 0 Å². The number of carboxylic acid groups (broad SMARTS) is 1. The molecule has 0 aliphatic heterocycles. The molecule has 0 aromatic heterocycles. The zero-order valence-corrected chi connectivity index (χ0v) is 20.7. The third-order valence-electron chi connectivity index (χ3n) is 3.32. The molecule has 32 heavy (non-hydrogen) atoms. The van der Waals surface area contributed by atoms with Crippen LogP contribution in [0.3, 0.4) is 0 Å². The molecule has 0 unspecified atom stereocenters. The van der Waals surface area contributed by atoms with Crippen molar-refractivity contribution in [3.63, 3.8) is 0 Å².